The predicted molar refractivity (Wildman–Crippen MR) is 129 cm³/mol. The molecule has 1 N–H and O–H groups in total. The van der Waals surface area contributed by atoms with Gasteiger partial charge in [-0.2, -0.15) is 5.10 Å². The van der Waals surface area contributed by atoms with Crippen LogP contribution in [-0.4, -0.2) is 77.2 Å². The second-order valence-electron chi connectivity index (χ2n) is 9.09. The van der Waals surface area contributed by atoms with Crippen molar-refractivity contribution < 1.29 is 9.59 Å². The number of amides is 2. The summed E-state index contributed by atoms with van der Waals surface area (Å²) in [5.41, 5.74) is 2.56. The number of nitrogens with one attached hydrogen (secondary N) is 1. The number of fused-ring (bicyclic) bond motifs is 1. The van der Waals surface area contributed by atoms with Crippen molar-refractivity contribution in [1.29, 1.82) is 0 Å². The number of aromatic nitrogens is 2. The Morgan fingerprint density at radius 1 is 1.03 bits per heavy atom. The number of hydrogen-bond acceptors (Lipinski definition) is 5. The number of piperazine rings is 1. The topological polar surface area (TPSA) is 73.7 Å². The summed E-state index contributed by atoms with van der Waals surface area (Å²) >= 11 is 0. The standard InChI is InChI=1S/C25H36N6O2/c1-3-11-28-14-16-29(17-15-28)12-4-10-26-25(33)22-7-5-21(6-8-22)19-30-23-18-20(2)27-31(23)13-9-24(30)32/h5-8,18H,3-4,9-17,19H2,1-2H3,(H,26,33). The van der Waals surface area contributed by atoms with Gasteiger partial charge in [0.25, 0.3) is 5.91 Å². The minimum absolute atomic E-state index is 0.0444. The van der Waals surface area contributed by atoms with E-state index in [0.29, 0.717) is 31.6 Å². The predicted octanol–water partition coefficient (Wildman–Crippen LogP) is 2.28. The molecule has 8 nitrogen and oxygen atoms in total. The van der Waals surface area contributed by atoms with Crippen molar-refractivity contribution in [2.45, 2.75) is 46.2 Å². The molecule has 0 atom stereocenters. The van der Waals surface area contributed by atoms with E-state index in [1.54, 1.807) is 4.90 Å². The molecule has 0 saturated carbocycles. The molecule has 2 aliphatic rings. The third kappa shape index (κ3) is 6.00. The molecule has 2 aliphatic heterocycles. The van der Waals surface area contributed by atoms with Gasteiger partial charge in [-0.15, -0.1) is 0 Å². The highest BCUT2D eigenvalue weighted by Gasteiger charge is 2.25. The van der Waals surface area contributed by atoms with Gasteiger partial charge < -0.3 is 15.1 Å². The van der Waals surface area contributed by atoms with Crippen LogP contribution in [0.15, 0.2) is 30.3 Å². The largest absolute Gasteiger partial charge is 0.352 e. The quantitative estimate of drug-likeness (QED) is 0.591. The van der Waals surface area contributed by atoms with Crippen LogP contribution < -0.4 is 10.2 Å². The number of carbonyl (C=O) groups is 2. The van der Waals surface area contributed by atoms with Gasteiger partial charge in [0.1, 0.15) is 5.82 Å². The van der Waals surface area contributed by atoms with E-state index in [9.17, 15) is 9.59 Å². The summed E-state index contributed by atoms with van der Waals surface area (Å²) in [5.74, 6) is 0.908. The second kappa shape index (κ2) is 10.9. The van der Waals surface area contributed by atoms with Gasteiger partial charge in [-0.1, -0.05) is 19.1 Å². The number of anilines is 1. The monoisotopic (exact) mass is 452 g/mol. The molecule has 1 aromatic carbocycles. The lowest BCUT2D eigenvalue weighted by atomic mass is 10.1. The third-order valence-corrected chi connectivity index (χ3v) is 6.49. The minimum Gasteiger partial charge on any atom is -0.352 e. The van der Waals surface area contributed by atoms with E-state index in [2.05, 4.69) is 27.1 Å². The van der Waals surface area contributed by atoms with Gasteiger partial charge in [-0.3, -0.25) is 14.5 Å². The molecule has 3 heterocycles. The van der Waals surface area contributed by atoms with Crippen LogP contribution in [0.1, 0.15) is 47.8 Å². The van der Waals surface area contributed by atoms with Crippen molar-refractivity contribution in [3.63, 3.8) is 0 Å². The van der Waals surface area contributed by atoms with Crippen molar-refractivity contribution in [3.8, 4) is 0 Å². The van der Waals surface area contributed by atoms with Crippen molar-refractivity contribution in [3.05, 3.63) is 47.2 Å². The first-order valence-corrected chi connectivity index (χ1v) is 12.2. The molecule has 4 rings (SSSR count). The number of nitrogens with zero attached hydrogens (tertiary/aromatic N) is 5. The molecule has 1 aromatic heterocycles. The maximum absolute atomic E-state index is 12.5. The summed E-state index contributed by atoms with van der Waals surface area (Å²) in [6.07, 6.45) is 2.64. The van der Waals surface area contributed by atoms with Crippen LogP contribution in [0.4, 0.5) is 5.82 Å². The SMILES string of the molecule is CCCN1CCN(CCCNC(=O)c2ccc(CN3C(=O)CCn4nc(C)cc43)cc2)CC1. The molecule has 0 aliphatic carbocycles. The summed E-state index contributed by atoms with van der Waals surface area (Å²) in [4.78, 5) is 31.8. The number of aryl methyl sites for hydroxylation is 2. The zero-order valence-corrected chi connectivity index (χ0v) is 19.9. The molecule has 1 saturated heterocycles. The smallest absolute Gasteiger partial charge is 0.251 e. The van der Waals surface area contributed by atoms with Crippen LogP contribution in [0, 0.1) is 6.92 Å². The average Bonchev–Trinajstić information content (AvgIpc) is 3.21. The van der Waals surface area contributed by atoms with Crippen LogP contribution in [0.5, 0.6) is 0 Å². The van der Waals surface area contributed by atoms with Gasteiger partial charge in [0.15, 0.2) is 0 Å². The molecule has 0 unspecified atom stereocenters. The molecule has 1 fully saturated rings. The highest BCUT2D eigenvalue weighted by atomic mass is 16.2. The third-order valence-electron chi connectivity index (χ3n) is 6.49. The zero-order chi connectivity index (χ0) is 23.2. The Morgan fingerprint density at radius 3 is 2.42 bits per heavy atom. The zero-order valence-electron chi connectivity index (χ0n) is 19.9. The number of hydrogen-bond donors (Lipinski definition) is 1. The summed E-state index contributed by atoms with van der Waals surface area (Å²) in [7, 11) is 0. The molecule has 0 radical (unpaired) electrons. The van der Waals surface area contributed by atoms with Gasteiger partial charge in [0.05, 0.1) is 18.8 Å². The van der Waals surface area contributed by atoms with Gasteiger partial charge >= 0.3 is 0 Å². The molecule has 178 valence electrons. The van der Waals surface area contributed by atoms with E-state index in [1.807, 2.05) is 41.9 Å². The number of rotatable bonds is 9. The van der Waals surface area contributed by atoms with Gasteiger partial charge in [0.2, 0.25) is 5.91 Å². The van der Waals surface area contributed by atoms with Crippen LogP contribution in [-0.2, 0) is 17.9 Å². The average molecular weight is 453 g/mol. The maximum atomic E-state index is 12.5. The Balaban J connectivity index is 1.22. The summed E-state index contributed by atoms with van der Waals surface area (Å²) in [6, 6.07) is 9.49. The first-order chi connectivity index (χ1) is 16.0. The molecule has 0 bridgehead atoms. The van der Waals surface area contributed by atoms with Crippen molar-refractivity contribution >= 4 is 17.6 Å². The van der Waals surface area contributed by atoms with E-state index in [0.717, 1.165) is 56.2 Å². The Bertz CT molecular complexity index is 946. The first-order valence-electron chi connectivity index (χ1n) is 12.2. The van der Waals surface area contributed by atoms with E-state index >= 15 is 0 Å². The van der Waals surface area contributed by atoms with Gasteiger partial charge in [0, 0.05) is 50.8 Å². The molecule has 0 spiro atoms. The Labute approximate surface area is 196 Å². The summed E-state index contributed by atoms with van der Waals surface area (Å²) < 4.78 is 1.89. The summed E-state index contributed by atoms with van der Waals surface area (Å²) in [5, 5.41) is 7.49. The fourth-order valence-electron chi connectivity index (χ4n) is 4.65. The fraction of sp³-hybridized carbons (Fsp3) is 0.560. The highest BCUT2D eigenvalue weighted by Crippen LogP contribution is 2.24. The molecular weight excluding hydrogens is 416 g/mol. The van der Waals surface area contributed by atoms with E-state index in [1.165, 1.54) is 13.0 Å². The van der Waals surface area contributed by atoms with Crippen LogP contribution in [0.2, 0.25) is 0 Å². The number of benzene rings is 1. The second-order valence-corrected chi connectivity index (χ2v) is 9.09. The first kappa shape index (κ1) is 23.4. The molecular formula is C25H36N6O2. The van der Waals surface area contributed by atoms with Crippen LogP contribution in [0.3, 0.4) is 0 Å². The normalized spacial score (nSPS) is 17.3. The lowest BCUT2D eigenvalue weighted by Gasteiger charge is -2.34. The van der Waals surface area contributed by atoms with Crippen molar-refractivity contribution in [2.24, 2.45) is 0 Å². The van der Waals surface area contributed by atoms with Crippen molar-refractivity contribution in [2.75, 3.05) is 50.7 Å². The lowest BCUT2D eigenvalue weighted by molar-refractivity contribution is -0.119. The Hall–Kier alpha value is -2.71. The lowest BCUT2D eigenvalue weighted by Crippen LogP contribution is -2.47. The molecule has 8 heteroatoms. The van der Waals surface area contributed by atoms with Gasteiger partial charge in [-0.05, 0) is 50.6 Å². The van der Waals surface area contributed by atoms with Crippen molar-refractivity contribution in [1.82, 2.24) is 24.9 Å². The van der Waals surface area contributed by atoms with Crippen LogP contribution in [0.25, 0.3) is 0 Å². The summed E-state index contributed by atoms with van der Waals surface area (Å²) in [6.45, 7) is 12.7. The molecule has 2 amide bonds. The highest BCUT2D eigenvalue weighted by molar-refractivity contribution is 5.95. The van der Waals surface area contributed by atoms with E-state index in [-0.39, 0.29) is 11.8 Å². The Morgan fingerprint density at radius 2 is 1.73 bits per heavy atom. The van der Waals surface area contributed by atoms with E-state index < -0.39 is 0 Å². The van der Waals surface area contributed by atoms with Gasteiger partial charge in [-0.25, -0.2) is 4.68 Å². The minimum atomic E-state index is -0.0444. The molecule has 2 aromatic rings. The fourth-order valence-corrected chi connectivity index (χ4v) is 4.65. The number of carbonyl (C=O) groups excluding carboxylic acids is 2. The van der Waals surface area contributed by atoms with E-state index in [4.69, 9.17) is 0 Å². The molecule has 33 heavy (non-hydrogen) atoms. The maximum Gasteiger partial charge on any atom is 0.251 e. The van der Waals surface area contributed by atoms with Crippen LogP contribution >= 0.6 is 0 Å². The Kier molecular flexibility index (Phi) is 7.77.